The molecule has 150 valence electrons. The summed E-state index contributed by atoms with van der Waals surface area (Å²) in [5.74, 6) is -2.43. The number of halogens is 2. The number of benzene rings is 2. The lowest BCUT2D eigenvalue weighted by molar-refractivity contribution is -0.384. The smallest absolute Gasteiger partial charge is 0.319 e. The summed E-state index contributed by atoms with van der Waals surface area (Å²) < 4.78 is 13.2. The van der Waals surface area contributed by atoms with E-state index in [2.05, 4.69) is 10.6 Å². The van der Waals surface area contributed by atoms with Crippen LogP contribution in [0.15, 0.2) is 42.5 Å². The lowest BCUT2D eigenvalue weighted by atomic mass is 9.92. The maximum Gasteiger partial charge on any atom is 0.325 e. The molecule has 3 rings (SSSR count). The molecule has 0 aliphatic carbocycles. The van der Waals surface area contributed by atoms with Crippen molar-refractivity contribution in [2.75, 3.05) is 11.9 Å². The fraction of sp³-hybridized carbons (Fsp3) is 0.167. The standard InChI is InChI=1S/C18H14ClFN4O5/c1-18(11-4-2-3-5-12(11)19)16(26)23(17(27)22-18)9-15(25)21-13-7-6-10(20)8-14(13)24(28)29/h2-8H,9H2,1H3,(H,21,25)(H,22,27)/t18-/m0/s1. The third-order valence-corrected chi connectivity index (χ3v) is 4.75. The Labute approximate surface area is 168 Å². The summed E-state index contributed by atoms with van der Waals surface area (Å²) in [5, 5.41) is 16.0. The van der Waals surface area contributed by atoms with Crippen molar-refractivity contribution in [3.05, 3.63) is 69.0 Å². The van der Waals surface area contributed by atoms with Gasteiger partial charge < -0.3 is 10.6 Å². The molecule has 2 aromatic rings. The number of hydrogen-bond acceptors (Lipinski definition) is 5. The van der Waals surface area contributed by atoms with Crippen LogP contribution in [0.2, 0.25) is 5.02 Å². The van der Waals surface area contributed by atoms with Gasteiger partial charge in [-0.1, -0.05) is 29.8 Å². The average molecular weight is 421 g/mol. The molecule has 0 unspecified atom stereocenters. The van der Waals surface area contributed by atoms with E-state index in [4.69, 9.17) is 11.6 Å². The van der Waals surface area contributed by atoms with Gasteiger partial charge in [-0.15, -0.1) is 0 Å². The summed E-state index contributed by atoms with van der Waals surface area (Å²) in [7, 11) is 0. The van der Waals surface area contributed by atoms with Gasteiger partial charge in [0, 0.05) is 10.6 Å². The molecular weight excluding hydrogens is 407 g/mol. The lowest BCUT2D eigenvalue weighted by Crippen LogP contribution is -2.42. The molecule has 1 fully saturated rings. The molecule has 0 bridgehead atoms. The van der Waals surface area contributed by atoms with Crippen LogP contribution in [0.25, 0.3) is 0 Å². The number of amides is 4. The first-order valence-electron chi connectivity index (χ1n) is 8.26. The largest absolute Gasteiger partial charge is 0.325 e. The fourth-order valence-electron chi connectivity index (χ4n) is 2.98. The molecule has 0 saturated carbocycles. The summed E-state index contributed by atoms with van der Waals surface area (Å²) in [5.41, 5.74) is -2.03. The van der Waals surface area contributed by atoms with Crippen LogP contribution in [0, 0.1) is 15.9 Å². The van der Waals surface area contributed by atoms with Gasteiger partial charge in [0.05, 0.1) is 11.0 Å². The quantitative estimate of drug-likeness (QED) is 0.437. The Morgan fingerprint density at radius 1 is 1.31 bits per heavy atom. The molecule has 4 amide bonds. The predicted octanol–water partition coefficient (Wildman–Crippen LogP) is 2.79. The fourth-order valence-corrected chi connectivity index (χ4v) is 3.31. The van der Waals surface area contributed by atoms with Crippen molar-refractivity contribution >= 4 is 40.8 Å². The Hall–Kier alpha value is -3.53. The van der Waals surface area contributed by atoms with E-state index in [1.54, 1.807) is 24.3 Å². The first-order valence-corrected chi connectivity index (χ1v) is 8.64. The summed E-state index contributed by atoms with van der Waals surface area (Å²) in [6, 6.07) is 8.23. The number of hydrogen-bond donors (Lipinski definition) is 2. The zero-order valence-corrected chi connectivity index (χ0v) is 15.7. The van der Waals surface area contributed by atoms with Crippen molar-refractivity contribution in [2.24, 2.45) is 0 Å². The highest BCUT2D eigenvalue weighted by Crippen LogP contribution is 2.33. The second kappa shape index (κ2) is 7.47. The molecule has 1 aliphatic heterocycles. The van der Waals surface area contributed by atoms with Gasteiger partial charge in [0.1, 0.15) is 23.6 Å². The third-order valence-electron chi connectivity index (χ3n) is 4.42. The van der Waals surface area contributed by atoms with E-state index >= 15 is 0 Å². The van der Waals surface area contributed by atoms with Gasteiger partial charge in [-0.3, -0.25) is 24.6 Å². The second-order valence-corrected chi connectivity index (χ2v) is 6.80. The minimum atomic E-state index is -1.47. The minimum absolute atomic E-state index is 0.261. The van der Waals surface area contributed by atoms with Gasteiger partial charge in [0.15, 0.2) is 0 Å². The number of anilines is 1. The Kier molecular flexibility index (Phi) is 5.21. The Bertz CT molecular complexity index is 1050. The van der Waals surface area contributed by atoms with E-state index in [0.717, 1.165) is 12.1 Å². The third kappa shape index (κ3) is 3.74. The molecule has 1 heterocycles. The monoisotopic (exact) mass is 420 g/mol. The molecule has 0 radical (unpaired) electrons. The molecular formula is C18H14ClFN4O5. The zero-order chi connectivity index (χ0) is 21.3. The van der Waals surface area contributed by atoms with Gasteiger partial charge in [-0.05, 0) is 25.1 Å². The second-order valence-electron chi connectivity index (χ2n) is 6.39. The van der Waals surface area contributed by atoms with Crippen LogP contribution in [0.4, 0.5) is 20.6 Å². The van der Waals surface area contributed by atoms with Crippen molar-refractivity contribution in [1.82, 2.24) is 10.2 Å². The van der Waals surface area contributed by atoms with Crippen molar-refractivity contribution in [3.8, 4) is 0 Å². The average Bonchev–Trinajstić information content (AvgIpc) is 2.87. The number of carbonyl (C=O) groups excluding carboxylic acids is 3. The van der Waals surface area contributed by atoms with Crippen LogP contribution in [0.5, 0.6) is 0 Å². The van der Waals surface area contributed by atoms with Crippen molar-refractivity contribution < 1.29 is 23.7 Å². The lowest BCUT2D eigenvalue weighted by Gasteiger charge is -2.23. The van der Waals surface area contributed by atoms with Gasteiger partial charge in [0.25, 0.3) is 11.6 Å². The molecule has 2 aromatic carbocycles. The van der Waals surface area contributed by atoms with Crippen molar-refractivity contribution in [3.63, 3.8) is 0 Å². The SMILES string of the molecule is C[C@@]1(c2ccccc2Cl)NC(=O)N(CC(=O)Nc2ccc(F)cc2[N+](=O)[O-])C1=O. The van der Waals surface area contributed by atoms with Crippen molar-refractivity contribution in [1.29, 1.82) is 0 Å². The topological polar surface area (TPSA) is 122 Å². The summed E-state index contributed by atoms with van der Waals surface area (Å²) in [6.07, 6.45) is 0. The maximum atomic E-state index is 13.2. The van der Waals surface area contributed by atoms with Gasteiger partial charge in [-0.25, -0.2) is 9.18 Å². The highest BCUT2D eigenvalue weighted by Gasteiger charge is 2.50. The molecule has 11 heteroatoms. The molecule has 2 N–H and O–H groups in total. The Morgan fingerprint density at radius 3 is 2.66 bits per heavy atom. The molecule has 9 nitrogen and oxygen atoms in total. The summed E-state index contributed by atoms with van der Waals surface area (Å²) in [4.78, 5) is 48.3. The molecule has 29 heavy (non-hydrogen) atoms. The van der Waals surface area contributed by atoms with Crippen LogP contribution in [-0.2, 0) is 15.1 Å². The highest BCUT2D eigenvalue weighted by molar-refractivity contribution is 6.32. The van der Waals surface area contributed by atoms with Crippen LogP contribution >= 0.6 is 11.6 Å². The van der Waals surface area contributed by atoms with Gasteiger partial charge in [0.2, 0.25) is 5.91 Å². The van der Waals surface area contributed by atoms with Gasteiger partial charge >= 0.3 is 6.03 Å². The van der Waals surface area contributed by atoms with Crippen molar-refractivity contribution in [2.45, 2.75) is 12.5 Å². The van der Waals surface area contributed by atoms with Crippen LogP contribution < -0.4 is 10.6 Å². The van der Waals surface area contributed by atoms with E-state index < -0.39 is 46.4 Å². The number of nitro benzene ring substituents is 1. The first kappa shape index (κ1) is 20.2. The molecule has 1 aliphatic rings. The Morgan fingerprint density at radius 2 is 2.00 bits per heavy atom. The number of imide groups is 1. The predicted molar refractivity (Wildman–Crippen MR) is 101 cm³/mol. The number of rotatable bonds is 5. The molecule has 0 aromatic heterocycles. The van der Waals surface area contributed by atoms with Gasteiger partial charge in [-0.2, -0.15) is 0 Å². The van der Waals surface area contributed by atoms with Crippen LogP contribution in [0.3, 0.4) is 0 Å². The zero-order valence-electron chi connectivity index (χ0n) is 14.9. The summed E-state index contributed by atoms with van der Waals surface area (Å²) >= 11 is 6.13. The van der Waals surface area contributed by atoms with E-state index in [9.17, 15) is 28.9 Å². The molecule has 0 spiro atoms. The number of carbonyl (C=O) groups is 3. The number of urea groups is 1. The Balaban J connectivity index is 1.80. The first-order chi connectivity index (χ1) is 13.6. The van der Waals surface area contributed by atoms with E-state index in [1.807, 2.05) is 0 Å². The van der Waals surface area contributed by atoms with E-state index in [-0.39, 0.29) is 10.7 Å². The van der Waals surface area contributed by atoms with E-state index in [1.165, 1.54) is 6.92 Å². The minimum Gasteiger partial charge on any atom is -0.319 e. The van der Waals surface area contributed by atoms with Crippen LogP contribution in [-0.4, -0.2) is 34.2 Å². The number of nitro groups is 1. The highest BCUT2D eigenvalue weighted by atomic mass is 35.5. The maximum absolute atomic E-state index is 13.2. The molecule has 1 atom stereocenters. The van der Waals surface area contributed by atoms with Crippen LogP contribution in [0.1, 0.15) is 12.5 Å². The normalized spacial score (nSPS) is 18.5. The molecule has 1 saturated heterocycles. The number of nitrogens with zero attached hydrogens (tertiary/aromatic N) is 2. The van der Waals surface area contributed by atoms with E-state index in [0.29, 0.717) is 16.5 Å². The summed E-state index contributed by atoms with van der Waals surface area (Å²) in [6.45, 7) is 0.760. The number of nitrogens with one attached hydrogen (secondary N) is 2.